The first kappa shape index (κ1) is 15.4. The first-order chi connectivity index (χ1) is 10.1. The van der Waals surface area contributed by atoms with Crippen LogP contribution in [-0.4, -0.2) is 19.0 Å². The Morgan fingerprint density at radius 2 is 2.00 bits per heavy atom. The van der Waals surface area contributed by atoms with Crippen LogP contribution in [0.25, 0.3) is 0 Å². The zero-order chi connectivity index (χ0) is 15.2. The second-order valence-electron chi connectivity index (χ2n) is 4.48. The molecule has 0 spiro atoms. The number of thiophene rings is 1. The minimum absolute atomic E-state index is 0.0167. The second-order valence-corrected chi connectivity index (χ2v) is 5.26. The van der Waals surface area contributed by atoms with Crippen LogP contribution in [0.3, 0.4) is 0 Å². The lowest BCUT2D eigenvalue weighted by atomic mass is 10.1. The fraction of sp³-hybridized carbons (Fsp3) is 0.267. The largest absolute Gasteiger partial charge is 0.381 e. The van der Waals surface area contributed by atoms with Crippen molar-refractivity contribution in [2.45, 2.75) is 13.3 Å². The van der Waals surface area contributed by atoms with E-state index in [0.29, 0.717) is 19.5 Å². The first-order valence-electron chi connectivity index (χ1n) is 6.64. The van der Waals surface area contributed by atoms with Gasteiger partial charge in [-0.1, -0.05) is 0 Å². The highest BCUT2D eigenvalue weighted by Gasteiger charge is 2.14. The summed E-state index contributed by atoms with van der Waals surface area (Å²) >= 11 is 1.59. The van der Waals surface area contributed by atoms with Gasteiger partial charge in [0.1, 0.15) is 17.3 Å². The number of anilines is 1. The summed E-state index contributed by atoms with van der Waals surface area (Å²) in [6.07, 6.45) is 0.690. The summed E-state index contributed by atoms with van der Waals surface area (Å²) in [7, 11) is 0. The molecule has 112 valence electrons. The first-order valence-corrected chi connectivity index (χ1v) is 7.58. The molecule has 0 bridgehead atoms. The van der Waals surface area contributed by atoms with E-state index in [0.717, 1.165) is 17.7 Å². The van der Waals surface area contributed by atoms with Gasteiger partial charge in [-0.25, -0.2) is 8.78 Å². The zero-order valence-corrected chi connectivity index (χ0v) is 12.4. The Balaban J connectivity index is 1.99. The van der Waals surface area contributed by atoms with E-state index in [2.05, 4.69) is 10.6 Å². The van der Waals surface area contributed by atoms with Gasteiger partial charge in [0, 0.05) is 18.7 Å². The van der Waals surface area contributed by atoms with E-state index in [4.69, 9.17) is 0 Å². The van der Waals surface area contributed by atoms with Gasteiger partial charge in [-0.3, -0.25) is 4.79 Å². The van der Waals surface area contributed by atoms with E-state index in [1.807, 2.05) is 16.8 Å². The Morgan fingerprint density at radius 1 is 1.29 bits per heavy atom. The lowest BCUT2D eigenvalue weighted by molar-refractivity contribution is 0.0953. The molecule has 2 rings (SSSR count). The zero-order valence-electron chi connectivity index (χ0n) is 11.6. The predicted octanol–water partition coefficient (Wildman–Crippen LogP) is 3.43. The van der Waals surface area contributed by atoms with E-state index in [1.54, 1.807) is 18.3 Å². The van der Waals surface area contributed by atoms with E-state index < -0.39 is 17.5 Å². The van der Waals surface area contributed by atoms with Gasteiger partial charge in [0.25, 0.3) is 5.91 Å². The Bertz CT molecular complexity index is 591. The second kappa shape index (κ2) is 7.17. The molecule has 0 aliphatic heterocycles. The number of carbonyl (C=O) groups excluding carboxylic acids is 1. The Labute approximate surface area is 126 Å². The van der Waals surface area contributed by atoms with Gasteiger partial charge < -0.3 is 10.6 Å². The molecule has 0 atom stereocenters. The van der Waals surface area contributed by atoms with Crippen LogP contribution in [0.4, 0.5) is 14.5 Å². The Kier molecular flexibility index (Phi) is 5.27. The van der Waals surface area contributed by atoms with Crippen molar-refractivity contribution >= 4 is 22.9 Å². The van der Waals surface area contributed by atoms with Crippen molar-refractivity contribution in [2.75, 3.05) is 18.4 Å². The number of nitrogens with one attached hydrogen (secondary N) is 2. The Hall–Kier alpha value is -1.95. The number of benzene rings is 1. The molecule has 1 amide bonds. The molecule has 0 fully saturated rings. The molecule has 21 heavy (non-hydrogen) atoms. The normalized spacial score (nSPS) is 10.4. The van der Waals surface area contributed by atoms with Crippen molar-refractivity contribution in [2.24, 2.45) is 0 Å². The lowest BCUT2D eigenvalue weighted by Crippen LogP contribution is -2.26. The van der Waals surface area contributed by atoms with Crippen molar-refractivity contribution in [1.82, 2.24) is 5.32 Å². The van der Waals surface area contributed by atoms with Gasteiger partial charge in [-0.2, -0.15) is 11.3 Å². The van der Waals surface area contributed by atoms with E-state index in [9.17, 15) is 13.6 Å². The third kappa shape index (κ3) is 4.01. The Morgan fingerprint density at radius 3 is 2.57 bits per heavy atom. The molecule has 0 saturated heterocycles. The number of rotatable bonds is 6. The number of hydrogen-bond acceptors (Lipinski definition) is 3. The van der Waals surface area contributed by atoms with Crippen LogP contribution in [0, 0.1) is 11.6 Å². The topological polar surface area (TPSA) is 41.1 Å². The van der Waals surface area contributed by atoms with Gasteiger partial charge in [0.05, 0.1) is 0 Å². The van der Waals surface area contributed by atoms with Crippen molar-refractivity contribution in [3.8, 4) is 0 Å². The fourth-order valence-electron chi connectivity index (χ4n) is 1.91. The maximum Gasteiger partial charge on any atom is 0.251 e. The van der Waals surface area contributed by atoms with Gasteiger partial charge >= 0.3 is 0 Å². The van der Waals surface area contributed by atoms with Crippen LogP contribution in [-0.2, 0) is 6.42 Å². The molecular weight excluding hydrogens is 294 g/mol. The van der Waals surface area contributed by atoms with Crippen molar-refractivity contribution in [3.63, 3.8) is 0 Å². The van der Waals surface area contributed by atoms with Gasteiger partial charge in [-0.05, 0) is 47.9 Å². The molecule has 3 nitrogen and oxygen atoms in total. The molecule has 2 N–H and O–H groups in total. The number of amides is 1. The van der Waals surface area contributed by atoms with E-state index in [-0.39, 0.29) is 11.3 Å². The number of carbonyl (C=O) groups is 1. The third-order valence-corrected chi connectivity index (χ3v) is 3.67. The van der Waals surface area contributed by atoms with Crippen LogP contribution < -0.4 is 10.6 Å². The van der Waals surface area contributed by atoms with E-state index >= 15 is 0 Å². The molecule has 1 aromatic carbocycles. The predicted molar refractivity (Wildman–Crippen MR) is 80.9 cm³/mol. The molecule has 0 radical (unpaired) electrons. The molecule has 1 aromatic heterocycles. The summed E-state index contributed by atoms with van der Waals surface area (Å²) in [6, 6.07) is 4.06. The van der Waals surface area contributed by atoms with Crippen molar-refractivity contribution in [3.05, 3.63) is 51.7 Å². The maximum absolute atomic E-state index is 13.7. The smallest absolute Gasteiger partial charge is 0.251 e. The molecule has 6 heteroatoms. The summed E-state index contributed by atoms with van der Waals surface area (Å²) in [5.74, 6) is -2.01. The van der Waals surface area contributed by atoms with Gasteiger partial charge in [-0.15, -0.1) is 0 Å². The van der Waals surface area contributed by atoms with E-state index in [1.165, 1.54) is 0 Å². The number of halogens is 2. The minimum Gasteiger partial charge on any atom is -0.381 e. The highest BCUT2D eigenvalue weighted by atomic mass is 32.1. The highest BCUT2D eigenvalue weighted by Crippen LogP contribution is 2.20. The molecule has 0 aliphatic carbocycles. The van der Waals surface area contributed by atoms with Crippen LogP contribution in [0.15, 0.2) is 29.0 Å². The van der Waals surface area contributed by atoms with Gasteiger partial charge in [0.15, 0.2) is 0 Å². The molecule has 0 saturated carbocycles. The van der Waals surface area contributed by atoms with Crippen LogP contribution in [0.5, 0.6) is 0 Å². The quantitative estimate of drug-likeness (QED) is 0.858. The van der Waals surface area contributed by atoms with Gasteiger partial charge in [0.2, 0.25) is 0 Å². The van der Waals surface area contributed by atoms with Crippen LogP contribution in [0.1, 0.15) is 22.8 Å². The molecule has 0 aliphatic rings. The molecule has 1 heterocycles. The summed E-state index contributed by atoms with van der Waals surface area (Å²) in [6.45, 7) is 2.57. The van der Waals surface area contributed by atoms with Crippen molar-refractivity contribution in [1.29, 1.82) is 0 Å². The third-order valence-electron chi connectivity index (χ3n) is 2.94. The SMILES string of the molecule is CCNc1c(F)cc(C(=O)NCCc2ccsc2)cc1F. The minimum atomic E-state index is -0.764. The molecule has 2 aromatic rings. The summed E-state index contributed by atoms with van der Waals surface area (Å²) in [5.41, 5.74) is 0.907. The average molecular weight is 310 g/mol. The molecule has 0 unspecified atom stereocenters. The number of hydrogen-bond donors (Lipinski definition) is 2. The standard InChI is InChI=1S/C15H16F2N2OS/c1-2-18-14-12(16)7-11(8-13(14)17)15(20)19-5-3-10-4-6-21-9-10/h4,6-9,18H,2-3,5H2,1H3,(H,19,20). The fourth-order valence-corrected chi connectivity index (χ4v) is 2.61. The average Bonchev–Trinajstić information content (AvgIpc) is 2.95. The highest BCUT2D eigenvalue weighted by molar-refractivity contribution is 7.07. The van der Waals surface area contributed by atoms with Crippen LogP contribution in [0.2, 0.25) is 0 Å². The van der Waals surface area contributed by atoms with Crippen molar-refractivity contribution < 1.29 is 13.6 Å². The lowest BCUT2D eigenvalue weighted by Gasteiger charge is -2.09. The summed E-state index contributed by atoms with van der Waals surface area (Å²) in [5, 5.41) is 9.20. The monoisotopic (exact) mass is 310 g/mol. The maximum atomic E-state index is 13.7. The molecular formula is C15H16F2N2OS. The summed E-state index contributed by atoms with van der Waals surface area (Å²) < 4.78 is 27.4. The van der Waals surface area contributed by atoms with Crippen LogP contribution >= 0.6 is 11.3 Å². The summed E-state index contributed by atoms with van der Waals surface area (Å²) in [4.78, 5) is 11.9.